The summed E-state index contributed by atoms with van der Waals surface area (Å²) in [6.07, 6.45) is 6.35. The van der Waals surface area contributed by atoms with Gasteiger partial charge in [-0.15, -0.1) is 0 Å². The number of carbonyl (C=O) groups is 2. The predicted octanol–water partition coefficient (Wildman–Crippen LogP) is 0.794. The largest absolute Gasteiger partial charge is 0.348 e. The number of amides is 2. The van der Waals surface area contributed by atoms with Gasteiger partial charge in [0.25, 0.3) is 11.8 Å². The summed E-state index contributed by atoms with van der Waals surface area (Å²) >= 11 is 0. The van der Waals surface area contributed by atoms with E-state index in [1.165, 1.54) is 12.4 Å². The molecule has 7 heteroatoms. The fourth-order valence-corrected chi connectivity index (χ4v) is 2.66. The van der Waals surface area contributed by atoms with Crippen molar-refractivity contribution in [2.75, 3.05) is 33.2 Å². The van der Waals surface area contributed by atoms with E-state index in [2.05, 4.69) is 20.2 Å². The first-order valence-corrected chi connectivity index (χ1v) is 8.23. The van der Waals surface area contributed by atoms with Crippen molar-refractivity contribution in [1.82, 2.24) is 25.1 Å². The van der Waals surface area contributed by atoms with Gasteiger partial charge in [-0.05, 0) is 30.8 Å². The lowest BCUT2D eigenvalue weighted by Gasteiger charge is -2.32. The number of hydrogen-bond acceptors (Lipinski definition) is 5. The van der Waals surface area contributed by atoms with E-state index < -0.39 is 0 Å². The fourth-order valence-electron chi connectivity index (χ4n) is 2.66. The summed E-state index contributed by atoms with van der Waals surface area (Å²) in [5.74, 6) is -0.332. The van der Waals surface area contributed by atoms with Gasteiger partial charge >= 0.3 is 0 Å². The molecule has 0 spiro atoms. The number of rotatable bonds is 4. The minimum atomic E-state index is -0.252. The minimum absolute atomic E-state index is 0.0793. The van der Waals surface area contributed by atoms with Crippen molar-refractivity contribution in [3.8, 4) is 0 Å². The Bertz CT molecular complexity index is 742. The van der Waals surface area contributed by atoms with Crippen LogP contribution in [0.5, 0.6) is 0 Å². The Morgan fingerprint density at radius 1 is 1.04 bits per heavy atom. The lowest BCUT2D eigenvalue weighted by molar-refractivity contribution is 0.0663. The Hall–Kier alpha value is -2.80. The predicted molar refractivity (Wildman–Crippen MR) is 93.0 cm³/mol. The molecule has 0 radical (unpaired) electrons. The van der Waals surface area contributed by atoms with Crippen LogP contribution in [-0.4, -0.2) is 64.8 Å². The molecule has 3 rings (SSSR count). The second-order valence-electron chi connectivity index (χ2n) is 6.10. The van der Waals surface area contributed by atoms with E-state index in [1.54, 1.807) is 23.4 Å². The zero-order chi connectivity index (χ0) is 17.6. The van der Waals surface area contributed by atoms with E-state index in [4.69, 9.17) is 0 Å². The number of nitrogens with zero attached hydrogens (tertiary/aromatic N) is 4. The zero-order valence-corrected chi connectivity index (χ0v) is 14.2. The van der Waals surface area contributed by atoms with Crippen LogP contribution in [-0.2, 0) is 6.54 Å². The number of aromatic nitrogens is 2. The van der Waals surface area contributed by atoms with Crippen molar-refractivity contribution in [3.63, 3.8) is 0 Å². The van der Waals surface area contributed by atoms with Crippen LogP contribution in [0, 0.1) is 0 Å². The highest BCUT2D eigenvalue weighted by molar-refractivity contribution is 5.99. The summed E-state index contributed by atoms with van der Waals surface area (Å²) in [5, 5.41) is 2.83. The summed E-state index contributed by atoms with van der Waals surface area (Å²) in [7, 11) is 2.04. The molecule has 130 valence electrons. The average Bonchev–Trinajstić information content (AvgIpc) is 2.67. The number of pyridine rings is 2. The molecule has 0 saturated carbocycles. The smallest absolute Gasteiger partial charge is 0.255 e. The molecule has 0 aromatic carbocycles. The Labute approximate surface area is 146 Å². The van der Waals surface area contributed by atoms with Gasteiger partial charge in [0.2, 0.25) is 0 Å². The summed E-state index contributed by atoms with van der Waals surface area (Å²) in [5.41, 5.74) is 1.79. The van der Waals surface area contributed by atoms with E-state index in [1.807, 2.05) is 19.2 Å². The molecule has 0 aliphatic carbocycles. The summed E-state index contributed by atoms with van der Waals surface area (Å²) in [6.45, 7) is 3.48. The van der Waals surface area contributed by atoms with Crippen LogP contribution in [0.1, 0.15) is 26.3 Å². The molecule has 0 bridgehead atoms. The van der Waals surface area contributed by atoms with Gasteiger partial charge in [0.1, 0.15) is 0 Å². The Balaban J connectivity index is 1.64. The van der Waals surface area contributed by atoms with E-state index in [9.17, 15) is 9.59 Å². The minimum Gasteiger partial charge on any atom is -0.348 e. The highest BCUT2D eigenvalue weighted by atomic mass is 16.2. The summed E-state index contributed by atoms with van der Waals surface area (Å²) < 4.78 is 0. The van der Waals surface area contributed by atoms with Crippen LogP contribution in [0.15, 0.2) is 43.0 Å². The molecule has 2 aromatic rings. The molecule has 0 atom stereocenters. The van der Waals surface area contributed by atoms with Gasteiger partial charge in [-0.2, -0.15) is 0 Å². The number of piperazine rings is 1. The van der Waals surface area contributed by atoms with Gasteiger partial charge in [0.15, 0.2) is 0 Å². The first-order chi connectivity index (χ1) is 12.1. The van der Waals surface area contributed by atoms with Crippen LogP contribution in [0.4, 0.5) is 0 Å². The van der Waals surface area contributed by atoms with Gasteiger partial charge < -0.3 is 15.1 Å². The molecule has 25 heavy (non-hydrogen) atoms. The summed E-state index contributed by atoms with van der Waals surface area (Å²) in [6, 6.07) is 5.28. The first-order valence-electron chi connectivity index (χ1n) is 8.23. The van der Waals surface area contributed by atoms with Crippen molar-refractivity contribution >= 4 is 11.8 Å². The molecule has 1 saturated heterocycles. The quantitative estimate of drug-likeness (QED) is 0.891. The number of nitrogens with one attached hydrogen (secondary N) is 1. The van der Waals surface area contributed by atoms with Crippen molar-refractivity contribution in [2.24, 2.45) is 0 Å². The first kappa shape index (κ1) is 17.0. The highest BCUT2D eigenvalue weighted by Gasteiger charge is 2.21. The topological polar surface area (TPSA) is 78.4 Å². The molecule has 1 aliphatic rings. The third-order valence-electron chi connectivity index (χ3n) is 4.24. The van der Waals surface area contributed by atoms with E-state index in [0.29, 0.717) is 30.8 Å². The molecular weight excluding hydrogens is 318 g/mol. The third-order valence-corrected chi connectivity index (χ3v) is 4.24. The van der Waals surface area contributed by atoms with Crippen LogP contribution < -0.4 is 5.32 Å². The van der Waals surface area contributed by atoms with Crippen LogP contribution in [0.25, 0.3) is 0 Å². The van der Waals surface area contributed by atoms with Crippen molar-refractivity contribution < 1.29 is 9.59 Å². The second-order valence-corrected chi connectivity index (χ2v) is 6.10. The SMILES string of the molecule is CN1CCN(C(=O)c2cncc(C(=O)NCc3ccncc3)c2)CC1. The maximum Gasteiger partial charge on any atom is 0.255 e. The molecule has 1 aliphatic heterocycles. The molecule has 0 unspecified atom stereocenters. The zero-order valence-electron chi connectivity index (χ0n) is 14.2. The average molecular weight is 339 g/mol. The number of hydrogen-bond donors (Lipinski definition) is 1. The van der Waals surface area contributed by atoms with Crippen LogP contribution in [0.2, 0.25) is 0 Å². The van der Waals surface area contributed by atoms with Gasteiger partial charge in [-0.3, -0.25) is 19.6 Å². The summed E-state index contributed by atoms with van der Waals surface area (Å²) in [4.78, 5) is 36.9. The lowest BCUT2D eigenvalue weighted by Crippen LogP contribution is -2.47. The monoisotopic (exact) mass is 339 g/mol. The van der Waals surface area contributed by atoms with Crippen molar-refractivity contribution in [3.05, 3.63) is 59.7 Å². The Morgan fingerprint density at radius 3 is 2.44 bits per heavy atom. The van der Waals surface area contributed by atoms with E-state index >= 15 is 0 Å². The van der Waals surface area contributed by atoms with Crippen molar-refractivity contribution in [1.29, 1.82) is 0 Å². The standard InChI is InChI=1S/C18H21N5O2/c1-22-6-8-23(9-7-22)18(25)16-10-15(12-20-13-16)17(24)21-11-14-2-4-19-5-3-14/h2-5,10,12-13H,6-9,11H2,1H3,(H,21,24). The van der Waals surface area contributed by atoms with E-state index in [-0.39, 0.29) is 11.8 Å². The van der Waals surface area contributed by atoms with Crippen LogP contribution >= 0.6 is 0 Å². The van der Waals surface area contributed by atoms with Gasteiger partial charge in [-0.1, -0.05) is 0 Å². The van der Waals surface area contributed by atoms with Gasteiger partial charge in [0.05, 0.1) is 11.1 Å². The Morgan fingerprint density at radius 2 is 1.72 bits per heavy atom. The van der Waals surface area contributed by atoms with Gasteiger partial charge in [-0.25, -0.2) is 0 Å². The third kappa shape index (κ3) is 4.39. The Kier molecular flexibility index (Phi) is 5.35. The maximum atomic E-state index is 12.6. The highest BCUT2D eigenvalue weighted by Crippen LogP contribution is 2.09. The second kappa shape index (κ2) is 7.85. The lowest BCUT2D eigenvalue weighted by atomic mass is 10.1. The fraction of sp³-hybridized carbons (Fsp3) is 0.333. The normalized spacial score (nSPS) is 15.0. The molecule has 3 heterocycles. The molecule has 7 nitrogen and oxygen atoms in total. The number of likely N-dealkylation sites (N-methyl/N-ethyl adjacent to an activating group) is 1. The molecule has 2 amide bonds. The maximum absolute atomic E-state index is 12.6. The van der Waals surface area contributed by atoms with Gasteiger partial charge in [0, 0.05) is 57.5 Å². The molecule has 1 N–H and O–H groups in total. The van der Waals surface area contributed by atoms with Crippen LogP contribution in [0.3, 0.4) is 0 Å². The van der Waals surface area contributed by atoms with Crippen molar-refractivity contribution in [2.45, 2.75) is 6.54 Å². The number of carbonyl (C=O) groups excluding carboxylic acids is 2. The molecule has 1 fully saturated rings. The van der Waals surface area contributed by atoms with E-state index in [0.717, 1.165) is 18.7 Å². The molecular formula is C18H21N5O2. The molecule has 2 aromatic heterocycles.